The molecule has 0 atom stereocenters. The van der Waals surface area contributed by atoms with E-state index >= 15 is 0 Å². The fraction of sp³-hybridized carbons (Fsp3) is 0.182. The molecule has 3 heteroatoms. The zero-order valence-corrected chi connectivity index (χ0v) is 10.2. The Bertz CT molecular complexity index is 352. The van der Waals surface area contributed by atoms with Crippen molar-refractivity contribution in [1.82, 2.24) is 0 Å². The van der Waals surface area contributed by atoms with E-state index in [4.69, 9.17) is 4.74 Å². The zero-order valence-electron chi connectivity index (χ0n) is 8.08. The van der Waals surface area contributed by atoms with Crippen LogP contribution in [-0.2, 0) is 4.79 Å². The van der Waals surface area contributed by atoms with E-state index in [1.165, 1.54) is 0 Å². The minimum Gasteiger partial charge on any atom is -0.497 e. The van der Waals surface area contributed by atoms with Crippen molar-refractivity contribution >= 4 is 32.5 Å². The Morgan fingerprint density at radius 1 is 1.36 bits per heavy atom. The molecule has 0 aromatic heterocycles. The molecule has 0 unspecified atom stereocenters. The van der Waals surface area contributed by atoms with Crippen molar-refractivity contribution in [2.45, 2.75) is 6.92 Å². The molecule has 0 N–H and O–H groups in total. The minimum absolute atomic E-state index is 0.0680. The Morgan fingerprint density at radius 3 is 2.36 bits per heavy atom. The molecule has 0 aliphatic carbocycles. The number of rotatable bonds is 3. The van der Waals surface area contributed by atoms with E-state index in [1.54, 1.807) is 36.6 Å². The Balaban J connectivity index is 2.88. The molecule has 74 valence electrons. The highest BCUT2D eigenvalue weighted by atomic mass is 127. The third kappa shape index (κ3) is 3.14. The van der Waals surface area contributed by atoms with E-state index in [0.717, 1.165) is 16.9 Å². The van der Waals surface area contributed by atoms with Crippen LogP contribution in [-0.4, -0.2) is 10.9 Å². The van der Waals surface area contributed by atoms with Crippen LogP contribution in [0.4, 0.5) is 0 Å². The van der Waals surface area contributed by atoms with Crippen molar-refractivity contribution < 1.29 is 9.53 Å². The van der Waals surface area contributed by atoms with Gasteiger partial charge in [-0.25, -0.2) is 0 Å². The molecule has 1 aromatic rings. The molecule has 0 bridgehead atoms. The maximum absolute atomic E-state index is 11.0. The lowest BCUT2D eigenvalue weighted by Crippen LogP contribution is -1.86. The summed E-state index contributed by atoms with van der Waals surface area (Å²) in [5.74, 6) is 0.820. The largest absolute Gasteiger partial charge is 0.497 e. The van der Waals surface area contributed by atoms with Crippen LogP contribution in [0.25, 0.3) is 6.08 Å². The Kier molecular flexibility index (Phi) is 4.13. The number of benzene rings is 1. The molecule has 0 saturated carbocycles. The summed E-state index contributed by atoms with van der Waals surface area (Å²) in [6.07, 6.45) is 1.86. The number of hydrogen-bond donors (Lipinski definition) is 0. The summed E-state index contributed by atoms with van der Waals surface area (Å²) in [5.41, 5.74) is 1.75. The van der Waals surface area contributed by atoms with E-state index in [-0.39, 0.29) is 3.79 Å². The summed E-state index contributed by atoms with van der Waals surface area (Å²) in [6, 6.07) is 7.58. The molecule has 0 aliphatic rings. The quantitative estimate of drug-likeness (QED) is 0.487. The molecule has 0 heterocycles. The van der Waals surface area contributed by atoms with Gasteiger partial charge in [-0.1, -0.05) is 12.1 Å². The summed E-state index contributed by atoms with van der Waals surface area (Å²) >= 11 is 1.78. The van der Waals surface area contributed by atoms with Crippen LogP contribution in [0.5, 0.6) is 5.75 Å². The van der Waals surface area contributed by atoms with Gasteiger partial charge in [0.15, 0.2) is 0 Å². The van der Waals surface area contributed by atoms with E-state index in [1.807, 2.05) is 30.3 Å². The topological polar surface area (TPSA) is 26.3 Å². The normalized spacial score (nSPS) is 11.2. The van der Waals surface area contributed by atoms with Gasteiger partial charge < -0.3 is 4.74 Å². The van der Waals surface area contributed by atoms with Crippen LogP contribution in [0.1, 0.15) is 12.5 Å². The first-order chi connectivity index (χ1) is 6.63. The minimum atomic E-state index is 0.0680. The predicted molar refractivity (Wildman–Crippen MR) is 65.7 cm³/mol. The second-order valence-electron chi connectivity index (χ2n) is 2.87. The van der Waals surface area contributed by atoms with E-state index < -0.39 is 0 Å². The van der Waals surface area contributed by atoms with Crippen molar-refractivity contribution in [3.63, 3.8) is 0 Å². The summed E-state index contributed by atoms with van der Waals surface area (Å²) in [4.78, 5) is 11.0. The molecule has 0 fully saturated rings. The first-order valence-electron chi connectivity index (χ1n) is 4.15. The number of carbonyl (C=O) groups is 1. The van der Waals surface area contributed by atoms with Crippen LogP contribution in [0.15, 0.2) is 29.8 Å². The molecule has 1 rings (SSSR count). The number of allylic oxidation sites excluding steroid dienone is 1. The summed E-state index contributed by atoms with van der Waals surface area (Å²) in [5, 5.41) is 0. The van der Waals surface area contributed by atoms with E-state index in [0.29, 0.717) is 0 Å². The highest BCUT2D eigenvalue weighted by Crippen LogP contribution is 2.14. The maximum Gasteiger partial charge on any atom is 0.218 e. The number of carbonyl (C=O) groups excluding carboxylic acids is 1. The summed E-state index contributed by atoms with van der Waals surface area (Å²) in [7, 11) is 1.63. The second-order valence-corrected chi connectivity index (χ2v) is 3.85. The summed E-state index contributed by atoms with van der Waals surface area (Å²) in [6.45, 7) is 1.80. The van der Waals surface area contributed by atoms with Crippen LogP contribution < -0.4 is 4.74 Å². The van der Waals surface area contributed by atoms with Crippen molar-refractivity contribution in [3.05, 3.63) is 35.4 Å². The van der Waals surface area contributed by atoms with Crippen molar-refractivity contribution in [1.29, 1.82) is 0 Å². The van der Waals surface area contributed by atoms with Crippen molar-refractivity contribution in [3.8, 4) is 5.75 Å². The highest BCUT2D eigenvalue weighted by Gasteiger charge is 1.98. The van der Waals surface area contributed by atoms with Gasteiger partial charge in [0, 0.05) is 28.2 Å². The van der Waals surface area contributed by atoms with Gasteiger partial charge in [0.1, 0.15) is 5.75 Å². The molecule has 14 heavy (non-hydrogen) atoms. The Labute approximate surface area is 97.1 Å². The van der Waals surface area contributed by atoms with Crippen LogP contribution in [0.3, 0.4) is 0 Å². The molecular formula is C11H11IO2. The molecule has 0 amide bonds. The first kappa shape index (κ1) is 11.2. The van der Waals surface area contributed by atoms with Gasteiger partial charge in [0.2, 0.25) is 3.79 Å². The molecule has 1 aromatic carbocycles. The lowest BCUT2D eigenvalue weighted by molar-refractivity contribution is -0.106. The summed E-state index contributed by atoms with van der Waals surface area (Å²) < 4.78 is 5.10. The van der Waals surface area contributed by atoms with Crippen LogP contribution >= 0.6 is 22.6 Å². The van der Waals surface area contributed by atoms with Gasteiger partial charge in [-0.05, 0) is 30.7 Å². The van der Waals surface area contributed by atoms with Crippen LogP contribution in [0.2, 0.25) is 0 Å². The third-order valence-electron chi connectivity index (χ3n) is 1.81. The number of ether oxygens (including phenoxy) is 1. The lowest BCUT2D eigenvalue weighted by Gasteiger charge is -1.99. The van der Waals surface area contributed by atoms with Crippen molar-refractivity contribution in [2.24, 2.45) is 0 Å². The molecule has 0 aliphatic heterocycles. The van der Waals surface area contributed by atoms with Crippen molar-refractivity contribution in [2.75, 3.05) is 7.11 Å². The predicted octanol–water partition coefficient (Wildman–Crippen LogP) is 3.06. The fourth-order valence-corrected chi connectivity index (χ4v) is 1.16. The average Bonchev–Trinajstić information content (AvgIpc) is 2.19. The standard InChI is InChI=1S/C11H11IO2/c1-8(11(12)13)7-9-3-5-10(14-2)6-4-9/h3-7H,1-2H3/b8-7+. The average molecular weight is 302 g/mol. The Hall–Kier alpha value is -0.840. The molecule has 0 saturated heterocycles. The van der Waals surface area contributed by atoms with Gasteiger partial charge in [-0.2, -0.15) is 0 Å². The number of halogens is 1. The molecular weight excluding hydrogens is 291 g/mol. The molecule has 0 spiro atoms. The fourth-order valence-electron chi connectivity index (χ4n) is 1.01. The number of hydrogen-bond acceptors (Lipinski definition) is 2. The van der Waals surface area contributed by atoms with Gasteiger partial charge >= 0.3 is 0 Å². The third-order valence-corrected chi connectivity index (χ3v) is 2.66. The van der Waals surface area contributed by atoms with Crippen LogP contribution in [0, 0.1) is 0 Å². The van der Waals surface area contributed by atoms with Gasteiger partial charge in [-0.3, -0.25) is 4.79 Å². The van der Waals surface area contributed by atoms with E-state index in [9.17, 15) is 4.79 Å². The monoisotopic (exact) mass is 302 g/mol. The molecule has 0 radical (unpaired) electrons. The smallest absolute Gasteiger partial charge is 0.218 e. The molecule has 2 nitrogen and oxygen atoms in total. The highest BCUT2D eigenvalue weighted by molar-refractivity contribution is 14.1. The first-order valence-corrected chi connectivity index (χ1v) is 5.23. The number of methoxy groups -OCH3 is 1. The second kappa shape index (κ2) is 5.14. The lowest BCUT2D eigenvalue weighted by atomic mass is 10.1. The van der Waals surface area contributed by atoms with Gasteiger partial charge in [0.05, 0.1) is 7.11 Å². The van der Waals surface area contributed by atoms with E-state index in [2.05, 4.69) is 0 Å². The zero-order chi connectivity index (χ0) is 10.6. The van der Waals surface area contributed by atoms with Gasteiger partial charge in [-0.15, -0.1) is 0 Å². The SMILES string of the molecule is COc1ccc(/C=C(\C)C(=O)I)cc1. The Morgan fingerprint density at radius 2 is 1.93 bits per heavy atom. The maximum atomic E-state index is 11.0. The van der Waals surface area contributed by atoms with Gasteiger partial charge in [0.25, 0.3) is 0 Å².